The van der Waals surface area contributed by atoms with E-state index >= 15 is 0 Å². The third-order valence-electron chi connectivity index (χ3n) is 4.40. The van der Waals surface area contributed by atoms with Crippen LogP contribution in [0.1, 0.15) is 16.8 Å². The van der Waals surface area contributed by atoms with Gasteiger partial charge in [0.25, 0.3) is 0 Å². The second-order valence-corrected chi connectivity index (χ2v) is 5.78. The molecule has 0 amide bonds. The minimum Gasteiger partial charge on any atom is -0.493 e. The maximum absolute atomic E-state index is 9.70. The standard InChI is InChI=1S/C20H20N2O3/c1-12-6-8-14(9-7-12)22-13(2)16(11-21)15-10-17(23-3)19(24-4)20(25-5)18(15)22/h6-10H,1-5H3. The summed E-state index contributed by atoms with van der Waals surface area (Å²) < 4.78 is 18.6. The van der Waals surface area contributed by atoms with Crippen LogP contribution in [0.5, 0.6) is 17.2 Å². The van der Waals surface area contributed by atoms with Gasteiger partial charge in [-0.2, -0.15) is 5.26 Å². The van der Waals surface area contributed by atoms with Gasteiger partial charge in [-0.25, -0.2) is 0 Å². The molecule has 0 aliphatic carbocycles. The molecule has 0 N–H and O–H groups in total. The molecule has 0 fully saturated rings. The van der Waals surface area contributed by atoms with Crippen LogP contribution in [0.25, 0.3) is 16.6 Å². The summed E-state index contributed by atoms with van der Waals surface area (Å²) in [5.74, 6) is 1.58. The molecule has 0 atom stereocenters. The Balaban J connectivity index is 2.51. The Labute approximate surface area is 147 Å². The van der Waals surface area contributed by atoms with E-state index in [2.05, 4.69) is 6.07 Å². The molecule has 0 bridgehead atoms. The lowest BCUT2D eigenvalue weighted by atomic mass is 10.1. The molecular formula is C20H20N2O3. The van der Waals surface area contributed by atoms with Crippen LogP contribution in [0.4, 0.5) is 0 Å². The number of fused-ring (bicyclic) bond motifs is 1. The molecule has 25 heavy (non-hydrogen) atoms. The predicted molar refractivity (Wildman–Crippen MR) is 97.1 cm³/mol. The van der Waals surface area contributed by atoms with Crippen molar-refractivity contribution in [2.45, 2.75) is 13.8 Å². The Morgan fingerprint density at radius 1 is 0.920 bits per heavy atom. The summed E-state index contributed by atoms with van der Waals surface area (Å²) in [6.45, 7) is 3.97. The summed E-state index contributed by atoms with van der Waals surface area (Å²) in [4.78, 5) is 0. The lowest BCUT2D eigenvalue weighted by molar-refractivity contribution is 0.326. The quantitative estimate of drug-likeness (QED) is 0.718. The van der Waals surface area contributed by atoms with Crippen LogP contribution in [0, 0.1) is 25.2 Å². The molecule has 0 spiro atoms. The maximum Gasteiger partial charge on any atom is 0.205 e. The van der Waals surface area contributed by atoms with Crippen LogP contribution < -0.4 is 14.2 Å². The molecule has 5 nitrogen and oxygen atoms in total. The molecule has 0 saturated heterocycles. The minimum atomic E-state index is 0.507. The fourth-order valence-electron chi connectivity index (χ4n) is 3.19. The highest BCUT2D eigenvalue weighted by Crippen LogP contribution is 2.46. The molecule has 5 heteroatoms. The number of methoxy groups -OCH3 is 3. The van der Waals surface area contributed by atoms with E-state index < -0.39 is 0 Å². The molecule has 128 valence electrons. The van der Waals surface area contributed by atoms with Gasteiger partial charge in [0.05, 0.1) is 26.9 Å². The molecule has 0 unspecified atom stereocenters. The lowest BCUT2D eigenvalue weighted by Gasteiger charge is -2.16. The molecular weight excluding hydrogens is 316 g/mol. The number of hydrogen-bond donors (Lipinski definition) is 0. The van der Waals surface area contributed by atoms with E-state index in [1.807, 2.05) is 48.7 Å². The van der Waals surface area contributed by atoms with E-state index in [1.54, 1.807) is 21.3 Å². The summed E-state index contributed by atoms with van der Waals surface area (Å²) in [5, 5.41) is 10.5. The van der Waals surface area contributed by atoms with Crippen molar-refractivity contribution >= 4 is 10.9 Å². The normalized spacial score (nSPS) is 10.6. The van der Waals surface area contributed by atoms with Crippen LogP contribution in [0.15, 0.2) is 30.3 Å². The van der Waals surface area contributed by atoms with Crippen molar-refractivity contribution in [2.24, 2.45) is 0 Å². The first-order valence-corrected chi connectivity index (χ1v) is 7.88. The zero-order chi connectivity index (χ0) is 18.1. The van der Waals surface area contributed by atoms with Gasteiger partial charge in [-0.05, 0) is 32.0 Å². The van der Waals surface area contributed by atoms with Crippen molar-refractivity contribution in [1.29, 1.82) is 5.26 Å². The largest absolute Gasteiger partial charge is 0.493 e. The second-order valence-electron chi connectivity index (χ2n) is 5.78. The van der Waals surface area contributed by atoms with Crippen molar-refractivity contribution in [1.82, 2.24) is 4.57 Å². The average Bonchev–Trinajstić information content (AvgIpc) is 2.91. The van der Waals surface area contributed by atoms with Crippen LogP contribution in [-0.2, 0) is 0 Å². The zero-order valence-corrected chi connectivity index (χ0v) is 15.0. The van der Waals surface area contributed by atoms with Crippen LogP contribution >= 0.6 is 0 Å². The Morgan fingerprint density at radius 2 is 1.56 bits per heavy atom. The second kappa shape index (κ2) is 6.40. The van der Waals surface area contributed by atoms with Gasteiger partial charge in [0.1, 0.15) is 11.6 Å². The van der Waals surface area contributed by atoms with Crippen LogP contribution in [-0.4, -0.2) is 25.9 Å². The Hall–Kier alpha value is -3.13. The van der Waals surface area contributed by atoms with E-state index in [-0.39, 0.29) is 0 Å². The minimum absolute atomic E-state index is 0.507. The number of nitriles is 1. The fourth-order valence-corrected chi connectivity index (χ4v) is 3.19. The van der Waals surface area contributed by atoms with Gasteiger partial charge in [-0.15, -0.1) is 0 Å². The van der Waals surface area contributed by atoms with Crippen molar-refractivity contribution in [3.05, 3.63) is 47.2 Å². The molecule has 0 radical (unpaired) electrons. The Kier molecular flexibility index (Phi) is 4.28. The number of hydrogen-bond acceptors (Lipinski definition) is 4. The zero-order valence-electron chi connectivity index (χ0n) is 15.0. The summed E-state index contributed by atoms with van der Waals surface area (Å²) in [5.41, 5.74) is 4.35. The first-order chi connectivity index (χ1) is 12.1. The van der Waals surface area contributed by atoms with E-state index in [4.69, 9.17) is 14.2 Å². The summed E-state index contributed by atoms with van der Waals surface area (Å²) in [6.07, 6.45) is 0. The number of benzene rings is 2. The smallest absolute Gasteiger partial charge is 0.205 e. The van der Waals surface area contributed by atoms with Crippen LogP contribution in [0.2, 0.25) is 0 Å². The number of rotatable bonds is 4. The molecule has 3 aromatic rings. The fraction of sp³-hybridized carbons (Fsp3) is 0.250. The summed E-state index contributed by atoms with van der Waals surface area (Å²) in [6, 6.07) is 12.3. The third kappa shape index (κ3) is 2.47. The van der Waals surface area contributed by atoms with E-state index in [9.17, 15) is 5.26 Å². The van der Waals surface area contributed by atoms with E-state index in [1.165, 1.54) is 5.56 Å². The third-order valence-corrected chi connectivity index (χ3v) is 4.40. The molecule has 0 aliphatic rings. The van der Waals surface area contributed by atoms with Gasteiger partial charge < -0.3 is 18.8 Å². The molecule has 3 rings (SSSR count). The van der Waals surface area contributed by atoms with Crippen molar-refractivity contribution in [2.75, 3.05) is 21.3 Å². The maximum atomic E-state index is 9.70. The highest BCUT2D eigenvalue weighted by molar-refractivity contribution is 5.97. The predicted octanol–water partition coefficient (Wildman–Crippen LogP) is 4.14. The Bertz CT molecular complexity index is 979. The van der Waals surface area contributed by atoms with Gasteiger partial charge in [0, 0.05) is 16.8 Å². The monoisotopic (exact) mass is 336 g/mol. The van der Waals surface area contributed by atoms with Crippen molar-refractivity contribution in [3.8, 4) is 29.0 Å². The van der Waals surface area contributed by atoms with E-state index in [0.717, 1.165) is 22.3 Å². The SMILES string of the molecule is COc1cc2c(C#N)c(C)n(-c3ccc(C)cc3)c2c(OC)c1OC. The van der Waals surface area contributed by atoms with Crippen LogP contribution in [0.3, 0.4) is 0 Å². The summed E-state index contributed by atoms with van der Waals surface area (Å²) >= 11 is 0. The first kappa shape index (κ1) is 16.7. The Morgan fingerprint density at radius 3 is 2.08 bits per heavy atom. The summed E-state index contributed by atoms with van der Waals surface area (Å²) in [7, 11) is 4.73. The van der Waals surface area contributed by atoms with Crippen molar-refractivity contribution < 1.29 is 14.2 Å². The van der Waals surface area contributed by atoms with Crippen molar-refractivity contribution in [3.63, 3.8) is 0 Å². The molecule has 2 aromatic carbocycles. The topological polar surface area (TPSA) is 56.4 Å². The molecule has 0 saturated carbocycles. The van der Waals surface area contributed by atoms with Gasteiger partial charge in [0.15, 0.2) is 11.5 Å². The molecule has 0 aliphatic heterocycles. The first-order valence-electron chi connectivity index (χ1n) is 7.88. The highest BCUT2D eigenvalue weighted by atomic mass is 16.5. The number of nitrogens with zero attached hydrogens (tertiary/aromatic N) is 2. The molecule has 1 aromatic heterocycles. The molecule has 1 heterocycles. The number of ether oxygens (including phenoxy) is 3. The number of aryl methyl sites for hydroxylation is 1. The average molecular weight is 336 g/mol. The van der Waals surface area contributed by atoms with Gasteiger partial charge in [0.2, 0.25) is 5.75 Å². The van der Waals surface area contributed by atoms with Gasteiger partial charge in [-0.1, -0.05) is 17.7 Å². The van der Waals surface area contributed by atoms with Gasteiger partial charge in [-0.3, -0.25) is 0 Å². The van der Waals surface area contributed by atoms with E-state index in [0.29, 0.717) is 22.8 Å². The highest BCUT2D eigenvalue weighted by Gasteiger charge is 2.24. The number of aromatic nitrogens is 1. The van der Waals surface area contributed by atoms with Gasteiger partial charge >= 0.3 is 0 Å². The lowest BCUT2D eigenvalue weighted by Crippen LogP contribution is -2.01.